The van der Waals surface area contributed by atoms with E-state index in [9.17, 15) is 9.59 Å². The van der Waals surface area contributed by atoms with Gasteiger partial charge in [-0.25, -0.2) is 4.68 Å². The minimum atomic E-state index is -0.197. The van der Waals surface area contributed by atoms with Gasteiger partial charge in [0.15, 0.2) is 0 Å². The van der Waals surface area contributed by atoms with Gasteiger partial charge in [0.05, 0.1) is 11.4 Å². The molecular formula is C21H31N3O2S. The Morgan fingerprint density at radius 2 is 1.78 bits per heavy atom. The molecule has 0 bridgehead atoms. The molecule has 2 aromatic rings. The Hall–Kier alpha value is -1.95. The highest BCUT2D eigenvalue weighted by atomic mass is 32.2. The fourth-order valence-electron chi connectivity index (χ4n) is 3.19. The third-order valence-corrected chi connectivity index (χ3v) is 6.11. The molecule has 0 spiro atoms. The van der Waals surface area contributed by atoms with Crippen molar-refractivity contribution in [2.45, 2.75) is 58.1 Å². The van der Waals surface area contributed by atoms with Crippen LogP contribution in [-0.4, -0.2) is 26.3 Å². The Morgan fingerprint density at radius 3 is 2.37 bits per heavy atom. The molecule has 6 heteroatoms. The molecule has 2 rings (SSSR count). The molecule has 0 saturated carbocycles. The van der Waals surface area contributed by atoms with Gasteiger partial charge in [-0.1, -0.05) is 44.9 Å². The number of hydrogen-bond acceptors (Lipinski definition) is 3. The van der Waals surface area contributed by atoms with Crippen molar-refractivity contribution in [2.24, 2.45) is 7.05 Å². The second kappa shape index (κ2) is 10.4. The van der Waals surface area contributed by atoms with Crippen LogP contribution in [0.4, 0.5) is 5.69 Å². The number of anilines is 1. The number of hydrogen-bond donors (Lipinski definition) is 1. The summed E-state index contributed by atoms with van der Waals surface area (Å²) in [5, 5.41) is 3.47. The molecule has 1 amide bonds. The van der Waals surface area contributed by atoms with Crippen LogP contribution in [0, 0.1) is 6.92 Å². The van der Waals surface area contributed by atoms with Gasteiger partial charge in [-0.2, -0.15) is 11.8 Å². The van der Waals surface area contributed by atoms with Gasteiger partial charge in [0.1, 0.15) is 5.69 Å². The summed E-state index contributed by atoms with van der Waals surface area (Å²) >= 11 is 1.87. The summed E-state index contributed by atoms with van der Waals surface area (Å²) in [5.41, 5.74) is 1.71. The van der Waals surface area contributed by atoms with E-state index >= 15 is 0 Å². The van der Waals surface area contributed by atoms with Gasteiger partial charge >= 0.3 is 0 Å². The molecule has 27 heavy (non-hydrogen) atoms. The van der Waals surface area contributed by atoms with Crippen molar-refractivity contribution in [3.8, 4) is 5.69 Å². The Bertz CT molecular complexity index is 790. The summed E-state index contributed by atoms with van der Waals surface area (Å²) in [7, 11) is 1.83. The van der Waals surface area contributed by atoms with Crippen LogP contribution in [0.5, 0.6) is 0 Å². The first-order chi connectivity index (χ1) is 13.0. The van der Waals surface area contributed by atoms with Gasteiger partial charge in [0.2, 0.25) is 5.91 Å². The van der Waals surface area contributed by atoms with Gasteiger partial charge in [-0.15, -0.1) is 0 Å². The number of benzene rings is 1. The maximum Gasteiger partial charge on any atom is 0.295 e. The number of nitrogens with one attached hydrogen (secondary N) is 1. The highest BCUT2D eigenvalue weighted by molar-refractivity contribution is 7.99. The van der Waals surface area contributed by atoms with Gasteiger partial charge in [0, 0.05) is 24.5 Å². The van der Waals surface area contributed by atoms with E-state index in [4.69, 9.17) is 0 Å². The van der Waals surface area contributed by atoms with Gasteiger partial charge in [-0.05, 0) is 31.9 Å². The lowest BCUT2D eigenvalue weighted by Gasteiger charge is -2.14. The molecule has 0 aliphatic heterocycles. The number of amides is 1. The fraction of sp³-hybridized carbons (Fsp3) is 0.524. The molecule has 0 aliphatic carbocycles. The van der Waals surface area contributed by atoms with E-state index in [-0.39, 0.29) is 11.5 Å². The zero-order valence-corrected chi connectivity index (χ0v) is 17.6. The molecule has 0 radical (unpaired) electrons. The standard InChI is InChI=1S/C21H31N3O2S/c1-5-10-18(11-6-2)27-15-14-19(25)22-20-16(3)23(4)24(21(20)26)17-12-8-7-9-13-17/h7-9,12-13,18H,5-6,10-11,14-15H2,1-4H3,(H,22,25). The predicted molar refractivity (Wildman–Crippen MR) is 115 cm³/mol. The van der Waals surface area contributed by atoms with Crippen LogP contribution in [0.1, 0.15) is 51.6 Å². The van der Waals surface area contributed by atoms with E-state index < -0.39 is 0 Å². The Kier molecular flexibility index (Phi) is 8.23. The first-order valence-corrected chi connectivity index (χ1v) is 10.8. The van der Waals surface area contributed by atoms with Crippen LogP contribution in [0.15, 0.2) is 35.1 Å². The second-order valence-corrected chi connectivity index (χ2v) is 8.21. The highest BCUT2D eigenvalue weighted by Gasteiger charge is 2.18. The zero-order valence-electron chi connectivity index (χ0n) is 16.8. The summed E-state index contributed by atoms with van der Waals surface area (Å²) in [6.45, 7) is 6.25. The van der Waals surface area contributed by atoms with Crippen LogP contribution in [0.3, 0.4) is 0 Å². The number of carbonyl (C=O) groups is 1. The van der Waals surface area contributed by atoms with E-state index in [0.717, 1.165) is 17.1 Å². The lowest BCUT2D eigenvalue weighted by Crippen LogP contribution is -2.23. The molecule has 148 valence electrons. The maximum absolute atomic E-state index is 12.8. The third kappa shape index (κ3) is 5.51. The summed E-state index contributed by atoms with van der Waals surface area (Å²) in [5.74, 6) is 0.690. The van der Waals surface area contributed by atoms with Crippen molar-refractivity contribution in [3.05, 3.63) is 46.4 Å². The molecule has 5 nitrogen and oxygen atoms in total. The molecule has 0 atom stereocenters. The normalized spacial score (nSPS) is 11.1. The summed E-state index contributed by atoms with van der Waals surface area (Å²) < 4.78 is 3.36. The van der Waals surface area contributed by atoms with E-state index in [1.165, 1.54) is 25.7 Å². The third-order valence-electron chi connectivity index (χ3n) is 4.72. The van der Waals surface area contributed by atoms with Gasteiger partial charge in [-0.3, -0.25) is 14.3 Å². The molecular weight excluding hydrogens is 358 g/mol. The molecule has 0 aliphatic rings. The fourth-order valence-corrected chi connectivity index (χ4v) is 4.63. The summed E-state index contributed by atoms with van der Waals surface area (Å²) in [6, 6.07) is 9.45. The van der Waals surface area contributed by atoms with Crippen LogP contribution in [0.2, 0.25) is 0 Å². The molecule has 1 N–H and O–H groups in total. The van der Waals surface area contributed by atoms with E-state index in [2.05, 4.69) is 19.2 Å². The lowest BCUT2D eigenvalue weighted by atomic mass is 10.2. The number of nitrogens with zero attached hydrogens (tertiary/aromatic N) is 2. The highest BCUT2D eigenvalue weighted by Crippen LogP contribution is 2.22. The number of para-hydroxylation sites is 1. The Morgan fingerprint density at radius 1 is 1.15 bits per heavy atom. The number of aromatic nitrogens is 2. The number of carbonyl (C=O) groups excluding carboxylic acids is 1. The van der Waals surface area contributed by atoms with Crippen molar-refractivity contribution in [2.75, 3.05) is 11.1 Å². The number of thioether (sulfide) groups is 1. The molecule has 1 aromatic heterocycles. The molecule has 1 heterocycles. The molecule has 0 saturated heterocycles. The first kappa shape index (κ1) is 21.4. The zero-order chi connectivity index (χ0) is 19.8. The average Bonchev–Trinajstić information content (AvgIpc) is 2.86. The SMILES string of the molecule is CCCC(CCC)SCCC(=O)Nc1c(C)n(C)n(-c2ccccc2)c1=O. The monoisotopic (exact) mass is 389 g/mol. The quantitative estimate of drug-likeness (QED) is 0.650. The van der Waals surface area contributed by atoms with E-state index in [1.54, 1.807) is 9.36 Å². The molecule has 0 fully saturated rings. The van der Waals surface area contributed by atoms with Crippen LogP contribution in [-0.2, 0) is 11.8 Å². The lowest BCUT2D eigenvalue weighted by molar-refractivity contribution is -0.115. The van der Waals surface area contributed by atoms with Crippen molar-refractivity contribution < 1.29 is 4.79 Å². The largest absolute Gasteiger partial charge is 0.320 e. The average molecular weight is 390 g/mol. The minimum Gasteiger partial charge on any atom is -0.320 e. The Balaban J connectivity index is 2.03. The maximum atomic E-state index is 12.8. The Labute approximate surface area is 166 Å². The van der Waals surface area contributed by atoms with Crippen molar-refractivity contribution in [3.63, 3.8) is 0 Å². The smallest absolute Gasteiger partial charge is 0.295 e. The predicted octanol–water partition coefficient (Wildman–Crippen LogP) is 4.52. The van der Waals surface area contributed by atoms with Crippen molar-refractivity contribution in [1.29, 1.82) is 0 Å². The van der Waals surface area contributed by atoms with E-state index in [0.29, 0.717) is 17.4 Å². The van der Waals surface area contributed by atoms with Crippen molar-refractivity contribution in [1.82, 2.24) is 9.36 Å². The minimum absolute atomic E-state index is 0.0970. The summed E-state index contributed by atoms with van der Waals surface area (Å²) in [4.78, 5) is 25.2. The first-order valence-electron chi connectivity index (χ1n) is 9.75. The summed E-state index contributed by atoms with van der Waals surface area (Å²) in [6.07, 6.45) is 5.16. The van der Waals surface area contributed by atoms with Gasteiger partial charge < -0.3 is 5.32 Å². The van der Waals surface area contributed by atoms with Crippen LogP contribution < -0.4 is 10.9 Å². The second-order valence-electron chi connectivity index (χ2n) is 6.80. The topological polar surface area (TPSA) is 56.0 Å². The van der Waals surface area contributed by atoms with Crippen LogP contribution >= 0.6 is 11.8 Å². The van der Waals surface area contributed by atoms with Gasteiger partial charge in [0.25, 0.3) is 5.56 Å². The van der Waals surface area contributed by atoms with Crippen molar-refractivity contribution >= 4 is 23.4 Å². The molecule has 0 unspecified atom stereocenters. The molecule has 1 aromatic carbocycles. The number of rotatable bonds is 10. The van der Waals surface area contributed by atoms with Crippen LogP contribution in [0.25, 0.3) is 5.69 Å². The van der Waals surface area contributed by atoms with E-state index in [1.807, 2.05) is 56.1 Å².